The minimum absolute atomic E-state index is 0.267. The molecule has 3 heteroatoms. The maximum absolute atomic E-state index is 13.3. The standard InChI is InChI=1S/C11H10FNO/c1-7-3-8-5-11(14-2)10(12)4-9(8)6-13-7/h3-6H,1-2H3. The number of halogens is 1. The number of ether oxygens (including phenoxy) is 1. The molecule has 0 unspecified atom stereocenters. The van der Waals surface area contributed by atoms with Crippen LogP contribution in [0.1, 0.15) is 5.69 Å². The molecule has 2 aromatic rings. The number of aromatic nitrogens is 1. The SMILES string of the molecule is COc1cc2cc(C)ncc2cc1F. The van der Waals surface area contributed by atoms with Gasteiger partial charge in [-0.25, -0.2) is 4.39 Å². The highest BCUT2D eigenvalue weighted by Crippen LogP contribution is 2.24. The van der Waals surface area contributed by atoms with Crippen molar-refractivity contribution in [1.29, 1.82) is 0 Å². The Labute approximate surface area is 81.3 Å². The van der Waals surface area contributed by atoms with Gasteiger partial charge in [0.05, 0.1) is 7.11 Å². The number of hydrogen-bond donors (Lipinski definition) is 0. The molecule has 0 N–H and O–H groups in total. The number of rotatable bonds is 1. The number of hydrogen-bond acceptors (Lipinski definition) is 2. The molecule has 0 saturated heterocycles. The van der Waals surface area contributed by atoms with Crippen molar-refractivity contribution in [1.82, 2.24) is 4.98 Å². The van der Waals surface area contributed by atoms with Crippen molar-refractivity contribution in [3.05, 3.63) is 35.9 Å². The van der Waals surface area contributed by atoms with Gasteiger partial charge in [0.25, 0.3) is 0 Å². The molecule has 0 aliphatic rings. The number of methoxy groups -OCH3 is 1. The van der Waals surface area contributed by atoms with Gasteiger partial charge < -0.3 is 4.74 Å². The fourth-order valence-electron chi connectivity index (χ4n) is 1.41. The Kier molecular flexibility index (Phi) is 2.08. The fraction of sp³-hybridized carbons (Fsp3) is 0.182. The zero-order valence-corrected chi connectivity index (χ0v) is 8.04. The molecule has 0 aliphatic carbocycles. The highest BCUT2D eigenvalue weighted by Gasteiger charge is 2.04. The largest absolute Gasteiger partial charge is 0.494 e. The van der Waals surface area contributed by atoms with Crippen LogP contribution in [0.15, 0.2) is 24.4 Å². The van der Waals surface area contributed by atoms with Crippen LogP contribution in [-0.4, -0.2) is 12.1 Å². The lowest BCUT2D eigenvalue weighted by molar-refractivity contribution is 0.387. The summed E-state index contributed by atoms with van der Waals surface area (Å²) >= 11 is 0. The Morgan fingerprint density at radius 3 is 2.71 bits per heavy atom. The summed E-state index contributed by atoms with van der Waals surface area (Å²) < 4.78 is 18.2. The summed E-state index contributed by atoms with van der Waals surface area (Å²) in [5, 5.41) is 1.73. The maximum Gasteiger partial charge on any atom is 0.165 e. The summed E-state index contributed by atoms with van der Waals surface area (Å²) in [6.07, 6.45) is 1.66. The molecule has 1 heterocycles. The van der Waals surface area contributed by atoms with Gasteiger partial charge in [-0.05, 0) is 30.5 Å². The quantitative estimate of drug-likeness (QED) is 0.691. The predicted molar refractivity (Wildman–Crippen MR) is 53.0 cm³/mol. The number of nitrogens with zero attached hydrogens (tertiary/aromatic N) is 1. The van der Waals surface area contributed by atoms with E-state index in [2.05, 4.69) is 4.98 Å². The first kappa shape index (κ1) is 8.94. The van der Waals surface area contributed by atoms with Crippen molar-refractivity contribution in [2.24, 2.45) is 0 Å². The van der Waals surface area contributed by atoms with Crippen molar-refractivity contribution in [2.75, 3.05) is 7.11 Å². The second-order valence-electron chi connectivity index (χ2n) is 3.16. The molecule has 1 aromatic carbocycles. The first-order chi connectivity index (χ1) is 6.70. The molecular formula is C11H10FNO. The third-order valence-electron chi connectivity index (χ3n) is 2.13. The van der Waals surface area contributed by atoms with Gasteiger partial charge in [0, 0.05) is 17.3 Å². The molecule has 0 bridgehead atoms. The van der Waals surface area contributed by atoms with Crippen molar-refractivity contribution in [2.45, 2.75) is 6.92 Å². The van der Waals surface area contributed by atoms with Crippen molar-refractivity contribution < 1.29 is 9.13 Å². The van der Waals surface area contributed by atoms with Gasteiger partial charge in [0.1, 0.15) is 0 Å². The van der Waals surface area contributed by atoms with E-state index in [1.165, 1.54) is 13.2 Å². The Bertz CT molecular complexity index is 482. The second kappa shape index (κ2) is 3.25. The molecule has 0 spiro atoms. The lowest BCUT2D eigenvalue weighted by atomic mass is 10.1. The third kappa shape index (κ3) is 1.41. The van der Waals surface area contributed by atoms with E-state index in [-0.39, 0.29) is 11.6 Å². The molecule has 0 amide bonds. The average Bonchev–Trinajstić information content (AvgIpc) is 2.17. The molecule has 14 heavy (non-hydrogen) atoms. The summed E-state index contributed by atoms with van der Waals surface area (Å²) in [6.45, 7) is 1.90. The summed E-state index contributed by atoms with van der Waals surface area (Å²) in [7, 11) is 1.46. The van der Waals surface area contributed by atoms with Crippen LogP contribution in [-0.2, 0) is 0 Å². The normalized spacial score (nSPS) is 10.5. The number of fused-ring (bicyclic) bond motifs is 1. The highest BCUT2D eigenvalue weighted by atomic mass is 19.1. The van der Waals surface area contributed by atoms with E-state index in [1.54, 1.807) is 12.3 Å². The first-order valence-corrected chi connectivity index (χ1v) is 4.30. The summed E-state index contributed by atoms with van der Waals surface area (Å²) in [5.41, 5.74) is 0.908. The van der Waals surface area contributed by atoms with Crippen LogP contribution in [0.3, 0.4) is 0 Å². The van der Waals surface area contributed by atoms with Gasteiger partial charge in [-0.2, -0.15) is 0 Å². The molecule has 72 valence electrons. The Hall–Kier alpha value is -1.64. The molecule has 0 radical (unpaired) electrons. The molecule has 2 rings (SSSR count). The zero-order chi connectivity index (χ0) is 10.1. The third-order valence-corrected chi connectivity index (χ3v) is 2.13. The Morgan fingerprint density at radius 1 is 1.21 bits per heavy atom. The van der Waals surface area contributed by atoms with Crippen LogP contribution in [0.5, 0.6) is 5.75 Å². The lowest BCUT2D eigenvalue weighted by Crippen LogP contribution is -1.89. The molecular weight excluding hydrogens is 181 g/mol. The molecule has 0 aliphatic heterocycles. The van der Waals surface area contributed by atoms with Crippen LogP contribution in [0.2, 0.25) is 0 Å². The Balaban J connectivity index is 2.73. The van der Waals surface area contributed by atoms with Crippen LogP contribution >= 0.6 is 0 Å². The van der Waals surface area contributed by atoms with E-state index in [0.717, 1.165) is 16.5 Å². The lowest BCUT2D eigenvalue weighted by Gasteiger charge is -2.04. The average molecular weight is 191 g/mol. The second-order valence-corrected chi connectivity index (χ2v) is 3.16. The van der Waals surface area contributed by atoms with E-state index >= 15 is 0 Å². The minimum Gasteiger partial charge on any atom is -0.494 e. The van der Waals surface area contributed by atoms with Gasteiger partial charge >= 0.3 is 0 Å². The smallest absolute Gasteiger partial charge is 0.165 e. The van der Waals surface area contributed by atoms with E-state index in [9.17, 15) is 4.39 Å². The molecule has 1 aromatic heterocycles. The monoisotopic (exact) mass is 191 g/mol. The minimum atomic E-state index is -0.356. The number of pyridine rings is 1. The number of aryl methyl sites for hydroxylation is 1. The summed E-state index contributed by atoms with van der Waals surface area (Å²) in [4.78, 5) is 4.10. The zero-order valence-electron chi connectivity index (χ0n) is 8.04. The van der Waals surface area contributed by atoms with Gasteiger partial charge in [-0.15, -0.1) is 0 Å². The molecule has 0 fully saturated rings. The highest BCUT2D eigenvalue weighted by molar-refractivity contribution is 5.83. The van der Waals surface area contributed by atoms with Crippen LogP contribution in [0.25, 0.3) is 10.8 Å². The van der Waals surface area contributed by atoms with Crippen molar-refractivity contribution in [3.8, 4) is 5.75 Å². The summed E-state index contributed by atoms with van der Waals surface area (Å²) in [6, 6.07) is 5.01. The fourth-order valence-corrected chi connectivity index (χ4v) is 1.41. The first-order valence-electron chi connectivity index (χ1n) is 4.30. The number of benzene rings is 1. The van der Waals surface area contributed by atoms with Crippen molar-refractivity contribution in [3.63, 3.8) is 0 Å². The molecule has 0 saturated carbocycles. The van der Waals surface area contributed by atoms with Gasteiger partial charge in [-0.3, -0.25) is 4.98 Å². The van der Waals surface area contributed by atoms with Crippen molar-refractivity contribution >= 4 is 10.8 Å². The van der Waals surface area contributed by atoms with Gasteiger partial charge in [-0.1, -0.05) is 0 Å². The van der Waals surface area contributed by atoms with Crippen LogP contribution < -0.4 is 4.74 Å². The predicted octanol–water partition coefficient (Wildman–Crippen LogP) is 2.69. The van der Waals surface area contributed by atoms with Crippen LogP contribution in [0, 0.1) is 12.7 Å². The van der Waals surface area contributed by atoms with E-state index in [1.807, 2.05) is 13.0 Å². The van der Waals surface area contributed by atoms with Gasteiger partial charge in [0.15, 0.2) is 11.6 Å². The van der Waals surface area contributed by atoms with Gasteiger partial charge in [0.2, 0.25) is 0 Å². The topological polar surface area (TPSA) is 22.1 Å². The van der Waals surface area contributed by atoms with E-state index < -0.39 is 0 Å². The Morgan fingerprint density at radius 2 is 2.00 bits per heavy atom. The molecule has 0 atom stereocenters. The van der Waals surface area contributed by atoms with E-state index in [4.69, 9.17) is 4.74 Å². The van der Waals surface area contributed by atoms with E-state index in [0.29, 0.717) is 0 Å². The summed E-state index contributed by atoms with van der Waals surface area (Å²) in [5.74, 6) is -0.0891. The molecule has 2 nitrogen and oxygen atoms in total. The van der Waals surface area contributed by atoms with Crippen LogP contribution in [0.4, 0.5) is 4.39 Å². The maximum atomic E-state index is 13.3.